The second-order valence-corrected chi connectivity index (χ2v) is 5.66. The molecule has 1 unspecified atom stereocenters. The maximum atomic E-state index is 12.6. The minimum absolute atomic E-state index is 0.187. The molecule has 0 aliphatic carbocycles. The summed E-state index contributed by atoms with van der Waals surface area (Å²) < 4.78 is 10.9. The molecule has 0 saturated heterocycles. The Balaban J connectivity index is 2.91. The number of ether oxygens (including phenoxy) is 2. The van der Waals surface area contributed by atoms with Crippen LogP contribution in [0.15, 0.2) is 18.2 Å². The van der Waals surface area contributed by atoms with Crippen LogP contribution in [0, 0.1) is 11.3 Å². The zero-order chi connectivity index (χ0) is 17.3. The summed E-state index contributed by atoms with van der Waals surface area (Å²) in [7, 11) is 1.51. The van der Waals surface area contributed by atoms with Gasteiger partial charge in [-0.05, 0) is 38.0 Å². The number of nitriles is 1. The van der Waals surface area contributed by atoms with Crippen molar-refractivity contribution in [2.75, 3.05) is 19.0 Å². The Morgan fingerprint density at radius 3 is 2.65 bits per heavy atom. The molecule has 1 atom stereocenters. The molecule has 0 aliphatic rings. The van der Waals surface area contributed by atoms with Gasteiger partial charge in [-0.25, -0.2) is 0 Å². The minimum atomic E-state index is -0.862. The second kappa shape index (κ2) is 9.16. The van der Waals surface area contributed by atoms with E-state index in [0.717, 1.165) is 19.3 Å². The first-order valence-corrected chi connectivity index (χ1v) is 8.04. The van der Waals surface area contributed by atoms with Crippen LogP contribution in [0.25, 0.3) is 0 Å². The molecule has 0 aromatic heterocycles. The van der Waals surface area contributed by atoms with Gasteiger partial charge in [0.1, 0.15) is 17.4 Å². The van der Waals surface area contributed by atoms with Crippen LogP contribution in [-0.2, 0) is 9.53 Å². The molecule has 1 rings (SSSR count). The largest absolute Gasteiger partial charge is 0.495 e. The van der Waals surface area contributed by atoms with Gasteiger partial charge in [-0.3, -0.25) is 4.79 Å². The molecule has 0 radical (unpaired) electrons. The van der Waals surface area contributed by atoms with E-state index in [1.54, 1.807) is 18.2 Å². The molecule has 0 fully saturated rings. The van der Waals surface area contributed by atoms with Crippen molar-refractivity contribution in [3.63, 3.8) is 0 Å². The smallest absolute Gasteiger partial charge is 0.256 e. The lowest BCUT2D eigenvalue weighted by molar-refractivity contribution is -0.140. The summed E-state index contributed by atoms with van der Waals surface area (Å²) in [5, 5.41) is 12.0. The van der Waals surface area contributed by atoms with E-state index in [0.29, 0.717) is 30.0 Å². The Morgan fingerprint density at radius 2 is 2.09 bits per heavy atom. The first-order valence-electron chi connectivity index (χ1n) is 8.04. The highest BCUT2D eigenvalue weighted by Gasteiger charge is 2.33. The van der Waals surface area contributed by atoms with E-state index >= 15 is 0 Å². The van der Waals surface area contributed by atoms with Crippen LogP contribution >= 0.6 is 0 Å². The van der Waals surface area contributed by atoms with Gasteiger partial charge in [0.05, 0.1) is 12.7 Å². The third kappa shape index (κ3) is 5.26. The van der Waals surface area contributed by atoms with Gasteiger partial charge >= 0.3 is 0 Å². The number of hydrogen-bond acceptors (Lipinski definition) is 4. The minimum Gasteiger partial charge on any atom is -0.495 e. The summed E-state index contributed by atoms with van der Waals surface area (Å²) in [6.45, 7) is 6.46. The van der Waals surface area contributed by atoms with E-state index in [9.17, 15) is 4.79 Å². The first-order chi connectivity index (χ1) is 11.0. The number of amides is 1. The molecular formula is C18H26N2O3. The van der Waals surface area contributed by atoms with Gasteiger partial charge < -0.3 is 14.8 Å². The monoisotopic (exact) mass is 318 g/mol. The van der Waals surface area contributed by atoms with E-state index in [1.807, 2.05) is 13.8 Å². The highest BCUT2D eigenvalue weighted by molar-refractivity contribution is 5.97. The van der Waals surface area contributed by atoms with E-state index < -0.39 is 5.60 Å². The van der Waals surface area contributed by atoms with E-state index in [2.05, 4.69) is 18.3 Å². The molecule has 1 amide bonds. The zero-order valence-corrected chi connectivity index (χ0v) is 14.4. The van der Waals surface area contributed by atoms with Crippen molar-refractivity contribution < 1.29 is 14.3 Å². The zero-order valence-electron chi connectivity index (χ0n) is 14.4. The molecular weight excluding hydrogens is 292 g/mol. The summed E-state index contributed by atoms with van der Waals surface area (Å²) in [6, 6.07) is 7.06. The number of carbonyl (C=O) groups excluding carboxylic acids is 1. The van der Waals surface area contributed by atoms with Crippen LogP contribution in [0.3, 0.4) is 0 Å². The van der Waals surface area contributed by atoms with Crippen LogP contribution in [-0.4, -0.2) is 25.2 Å². The fourth-order valence-electron chi connectivity index (χ4n) is 2.23. The van der Waals surface area contributed by atoms with Crippen LogP contribution < -0.4 is 10.1 Å². The van der Waals surface area contributed by atoms with E-state index in [4.69, 9.17) is 14.7 Å². The van der Waals surface area contributed by atoms with Gasteiger partial charge in [0.15, 0.2) is 0 Å². The number of nitrogens with zero attached hydrogens (tertiary/aromatic N) is 1. The molecule has 0 heterocycles. The lowest BCUT2D eigenvalue weighted by Gasteiger charge is -2.28. The number of anilines is 1. The van der Waals surface area contributed by atoms with Gasteiger partial charge in [0, 0.05) is 12.3 Å². The third-order valence-corrected chi connectivity index (χ3v) is 3.69. The summed E-state index contributed by atoms with van der Waals surface area (Å²) in [6.07, 6.45) is 3.44. The number of nitrogens with one attached hydrogen (secondary N) is 1. The molecule has 0 spiro atoms. The summed E-state index contributed by atoms with van der Waals surface area (Å²) in [4.78, 5) is 12.6. The van der Waals surface area contributed by atoms with Gasteiger partial charge in [-0.15, -0.1) is 0 Å². The van der Waals surface area contributed by atoms with Crippen molar-refractivity contribution in [3.8, 4) is 11.8 Å². The van der Waals surface area contributed by atoms with Gasteiger partial charge in [-0.1, -0.05) is 26.7 Å². The third-order valence-electron chi connectivity index (χ3n) is 3.69. The molecule has 5 nitrogen and oxygen atoms in total. The molecule has 1 N–H and O–H groups in total. The predicted octanol–water partition coefficient (Wildman–Crippen LogP) is 3.88. The van der Waals surface area contributed by atoms with E-state index in [-0.39, 0.29) is 5.91 Å². The van der Waals surface area contributed by atoms with Gasteiger partial charge in [0.2, 0.25) is 0 Å². The number of benzene rings is 1. The fourth-order valence-corrected chi connectivity index (χ4v) is 2.23. The first kappa shape index (κ1) is 19.0. The number of hydrogen-bond donors (Lipinski definition) is 1. The topological polar surface area (TPSA) is 71.3 Å². The average Bonchev–Trinajstić information content (AvgIpc) is 2.57. The second-order valence-electron chi connectivity index (χ2n) is 5.66. The number of rotatable bonds is 9. The number of unbranched alkanes of at least 4 members (excludes halogenated alkanes) is 1. The fraction of sp³-hybridized carbons (Fsp3) is 0.556. The van der Waals surface area contributed by atoms with Crippen LogP contribution in [0.1, 0.15) is 52.0 Å². The molecule has 5 heteroatoms. The summed E-state index contributed by atoms with van der Waals surface area (Å²) >= 11 is 0. The Hall–Kier alpha value is -2.06. The molecule has 0 aliphatic heterocycles. The van der Waals surface area contributed by atoms with Crippen molar-refractivity contribution in [2.45, 2.75) is 52.1 Å². The van der Waals surface area contributed by atoms with Gasteiger partial charge in [0.25, 0.3) is 5.91 Å². The maximum Gasteiger partial charge on any atom is 0.256 e. The lowest BCUT2D eigenvalue weighted by Crippen LogP contribution is -2.43. The Kier molecular flexibility index (Phi) is 7.56. The van der Waals surface area contributed by atoms with Crippen LogP contribution in [0.2, 0.25) is 0 Å². The molecule has 1 aromatic carbocycles. The lowest BCUT2D eigenvalue weighted by atomic mass is 9.97. The molecule has 0 bridgehead atoms. The highest BCUT2D eigenvalue weighted by Crippen LogP contribution is 2.25. The van der Waals surface area contributed by atoms with Crippen LogP contribution in [0.4, 0.5) is 5.69 Å². The van der Waals surface area contributed by atoms with Crippen molar-refractivity contribution >= 4 is 11.6 Å². The predicted molar refractivity (Wildman–Crippen MR) is 90.5 cm³/mol. The molecule has 126 valence electrons. The summed E-state index contributed by atoms with van der Waals surface area (Å²) in [5.74, 6) is 0.301. The highest BCUT2D eigenvalue weighted by atomic mass is 16.5. The number of carbonyl (C=O) groups is 1. The molecule has 1 aromatic rings. The summed E-state index contributed by atoms with van der Waals surface area (Å²) in [5.41, 5.74) is 0.0869. The van der Waals surface area contributed by atoms with Crippen molar-refractivity contribution in [1.29, 1.82) is 5.26 Å². The van der Waals surface area contributed by atoms with E-state index in [1.165, 1.54) is 7.11 Å². The average molecular weight is 318 g/mol. The maximum absolute atomic E-state index is 12.6. The Labute approximate surface area is 138 Å². The molecule has 23 heavy (non-hydrogen) atoms. The normalized spacial score (nSPS) is 13.0. The SMILES string of the molecule is CCCCC(C)(OCCC)C(=O)Nc1ccc(OC)c(C#N)c1. The van der Waals surface area contributed by atoms with Crippen molar-refractivity contribution in [3.05, 3.63) is 23.8 Å². The molecule has 0 saturated carbocycles. The van der Waals surface area contributed by atoms with Crippen molar-refractivity contribution in [2.24, 2.45) is 0 Å². The van der Waals surface area contributed by atoms with Crippen molar-refractivity contribution in [1.82, 2.24) is 0 Å². The van der Waals surface area contributed by atoms with Crippen LogP contribution in [0.5, 0.6) is 5.75 Å². The number of methoxy groups -OCH3 is 1. The Bertz CT molecular complexity index is 556. The van der Waals surface area contributed by atoms with Gasteiger partial charge in [-0.2, -0.15) is 5.26 Å². The Morgan fingerprint density at radius 1 is 1.35 bits per heavy atom. The quantitative estimate of drug-likeness (QED) is 0.750. The standard InChI is InChI=1S/C18H26N2O3/c1-5-7-10-18(3,23-11-6-2)17(21)20-15-8-9-16(22-4)14(12-15)13-19/h8-9,12H,5-7,10-11H2,1-4H3,(H,20,21).